The van der Waals surface area contributed by atoms with Gasteiger partial charge >= 0.3 is 6.03 Å². The highest BCUT2D eigenvalue weighted by Crippen LogP contribution is 2.18. The molecule has 5 nitrogen and oxygen atoms in total. The van der Waals surface area contributed by atoms with Crippen molar-refractivity contribution in [2.24, 2.45) is 5.92 Å². The van der Waals surface area contributed by atoms with Gasteiger partial charge in [-0.2, -0.15) is 0 Å². The third-order valence-corrected chi connectivity index (χ3v) is 3.60. The van der Waals surface area contributed by atoms with Crippen molar-refractivity contribution in [3.63, 3.8) is 0 Å². The number of nitrogens with zero attached hydrogens (tertiary/aromatic N) is 1. The Hall–Kier alpha value is -1.75. The van der Waals surface area contributed by atoms with E-state index in [-0.39, 0.29) is 12.1 Å². The summed E-state index contributed by atoms with van der Waals surface area (Å²) in [6.07, 6.45) is 0. The molecule has 1 fully saturated rings. The number of urea groups is 1. The predicted molar refractivity (Wildman–Crippen MR) is 86.1 cm³/mol. The van der Waals surface area contributed by atoms with E-state index < -0.39 is 0 Å². The molecule has 0 spiro atoms. The zero-order valence-electron chi connectivity index (χ0n) is 13.7. The topological polar surface area (TPSA) is 50.8 Å². The average molecular weight is 306 g/mol. The first-order chi connectivity index (χ1) is 10.6. The molecule has 2 rings (SSSR count). The van der Waals surface area contributed by atoms with Crippen LogP contribution in [-0.2, 0) is 4.74 Å². The molecule has 1 aliphatic heterocycles. The lowest BCUT2D eigenvalue weighted by Crippen LogP contribution is -2.46. The predicted octanol–water partition coefficient (Wildman–Crippen LogP) is 2.82. The first-order valence-corrected chi connectivity index (χ1v) is 7.92. The zero-order chi connectivity index (χ0) is 15.9. The van der Waals surface area contributed by atoms with Gasteiger partial charge in [0.1, 0.15) is 5.75 Å². The lowest BCUT2D eigenvalue weighted by molar-refractivity contribution is 0.0526. The minimum absolute atomic E-state index is 0.0315. The van der Waals surface area contributed by atoms with E-state index in [9.17, 15) is 4.79 Å². The fourth-order valence-corrected chi connectivity index (χ4v) is 2.24. The molecule has 1 N–H and O–H groups in total. The average Bonchev–Trinajstić information content (AvgIpc) is 2.54. The maximum absolute atomic E-state index is 12.2. The van der Waals surface area contributed by atoms with Crippen molar-refractivity contribution in [2.75, 3.05) is 32.9 Å². The smallest absolute Gasteiger partial charge is 0.318 e. The lowest BCUT2D eigenvalue weighted by Gasteiger charge is -2.28. The molecule has 1 heterocycles. The first-order valence-electron chi connectivity index (χ1n) is 7.92. The normalized spacial score (nSPS) is 16.5. The van der Waals surface area contributed by atoms with Crippen LogP contribution < -0.4 is 10.1 Å². The van der Waals surface area contributed by atoms with E-state index >= 15 is 0 Å². The van der Waals surface area contributed by atoms with E-state index in [1.807, 2.05) is 31.2 Å². The quantitative estimate of drug-likeness (QED) is 0.910. The molecule has 0 aliphatic carbocycles. The fourth-order valence-electron chi connectivity index (χ4n) is 2.24. The van der Waals surface area contributed by atoms with Crippen LogP contribution in [0.4, 0.5) is 4.79 Å². The van der Waals surface area contributed by atoms with Crippen LogP contribution in [0.5, 0.6) is 5.75 Å². The Balaban J connectivity index is 1.86. The van der Waals surface area contributed by atoms with Gasteiger partial charge in [0.2, 0.25) is 0 Å². The summed E-state index contributed by atoms with van der Waals surface area (Å²) in [7, 11) is 0. The van der Waals surface area contributed by atoms with Crippen LogP contribution in [0.25, 0.3) is 0 Å². The summed E-state index contributed by atoms with van der Waals surface area (Å²) >= 11 is 0. The summed E-state index contributed by atoms with van der Waals surface area (Å²) in [5, 5.41) is 3.03. The first kappa shape index (κ1) is 16.6. The van der Waals surface area contributed by atoms with Crippen LogP contribution in [0.2, 0.25) is 0 Å². The fraction of sp³-hybridized carbons (Fsp3) is 0.588. The zero-order valence-corrected chi connectivity index (χ0v) is 13.7. The molecule has 2 amide bonds. The van der Waals surface area contributed by atoms with E-state index in [0.29, 0.717) is 38.8 Å². The Morgan fingerprint density at radius 1 is 1.23 bits per heavy atom. The summed E-state index contributed by atoms with van der Waals surface area (Å²) in [5.41, 5.74) is 1.07. The van der Waals surface area contributed by atoms with Crippen molar-refractivity contribution in [1.29, 1.82) is 0 Å². The molecule has 0 bridgehead atoms. The molecule has 1 aromatic rings. The van der Waals surface area contributed by atoms with Crippen LogP contribution in [-0.4, -0.2) is 43.8 Å². The van der Waals surface area contributed by atoms with Gasteiger partial charge in [-0.25, -0.2) is 4.79 Å². The largest absolute Gasteiger partial charge is 0.493 e. The molecule has 0 radical (unpaired) electrons. The molecule has 5 heteroatoms. The minimum atomic E-state index is -0.0329. The SMILES string of the molecule is CC(C)COc1ccc([C@H](C)NC(=O)N2CCOCC2)cc1. The Morgan fingerprint density at radius 2 is 1.86 bits per heavy atom. The van der Waals surface area contributed by atoms with Crippen molar-refractivity contribution in [3.8, 4) is 5.75 Å². The molecule has 0 aromatic heterocycles. The van der Waals surface area contributed by atoms with Gasteiger partial charge in [-0.3, -0.25) is 0 Å². The second-order valence-corrected chi connectivity index (χ2v) is 6.04. The highest BCUT2D eigenvalue weighted by Gasteiger charge is 2.18. The number of benzene rings is 1. The summed E-state index contributed by atoms with van der Waals surface area (Å²) in [4.78, 5) is 14.0. The molecule has 1 aromatic carbocycles. The van der Waals surface area contributed by atoms with Gasteiger partial charge in [-0.05, 0) is 30.5 Å². The molecule has 0 unspecified atom stereocenters. The van der Waals surface area contributed by atoms with Crippen molar-refractivity contribution >= 4 is 6.03 Å². The Kier molecular flexibility index (Phi) is 6.07. The number of amides is 2. The van der Waals surface area contributed by atoms with Gasteiger partial charge in [-0.1, -0.05) is 26.0 Å². The van der Waals surface area contributed by atoms with Crippen LogP contribution in [0.1, 0.15) is 32.4 Å². The van der Waals surface area contributed by atoms with Crippen molar-refractivity contribution < 1.29 is 14.3 Å². The van der Waals surface area contributed by atoms with E-state index in [2.05, 4.69) is 19.2 Å². The molecule has 1 aliphatic rings. The number of carbonyl (C=O) groups excluding carboxylic acids is 1. The number of hydrogen-bond acceptors (Lipinski definition) is 3. The summed E-state index contributed by atoms with van der Waals surface area (Å²) in [6, 6.07) is 7.84. The standard InChI is InChI=1S/C17H26N2O3/c1-13(2)12-22-16-6-4-15(5-7-16)14(3)18-17(20)19-8-10-21-11-9-19/h4-7,13-14H,8-12H2,1-3H3,(H,18,20)/t14-/m0/s1. The lowest BCUT2D eigenvalue weighted by atomic mass is 10.1. The maximum Gasteiger partial charge on any atom is 0.318 e. The second-order valence-electron chi connectivity index (χ2n) is 6.04. The third kappa shape index (κ3) is 4.91. The summed E-state index contributed by atoms with van der Waals surface area (Å²) < 4.78 is 10.9. The van der Waals surface area contributed by atoms with Gasteiger partial charge in [0, 0.05) is 13.1 Å². The van der Waals surface area contributed by atoms with Gasteiger partial charge in [-0.15, -0.1) is 0 Å². The number of hydrogen-bond donors (Lipinski definition) is 1. The molecule has 22 heavy (non-hydrogen) atoms. The molecule has 1 atom stereocenters. The number of rotatable bonds is 5. The van der Waals surface area contributed by atoms with Crippen LogP contribution in [0, 0.1) is 5.92 Å². The molecular formula is C17H26N2O3. The van der Waals surface area contributed by atoms with Gasteiger partial charge in [0.05, 0.1) is 25.9 Å². The van der Waals surface area contributed by atoms with Crippen LogP contribution in [0.15, 0.2) is 24.3 Å². The molecule has 122 valence electrons. The molecule has 0 saturated carbocycles. The van der Waals surface area contributed by atoms with Gasteiger partial charge in [0.15, 0.2) is 0 Å². The van der Waals surface area contributed by atoms with E-state index in [1.54, 1.807) is 4.90 Å². The van der Waals surface area contributed by atoms with Crippen LogP contribution >= 0.6 is 0 Å². The highest BCUT2D eigenvalue weighted by atomic mass is 16.5. The van der Waals surface area contributed by atoms with Crippen molar-refractivity contribution in [1.82, 2.24) is 10.2 Å². The van der Waals surface area contributed by atoms with Crippen molar-refractivity contribution in [3.05, 3.63) is 29.8 Å². The van der Waals surface area contributed by atoms with Gasteiger partial charge < -0.3 is 19.7 Å². The Morgan fingerprint density at radius 3 is 2.45 bits per heavy atom. The number of nitrogens with one attached hydrogen (secondary N) is 1. The maximum atomic E-state index is 12.2. The molecular weight excluding hydrogens is 280 g/mol. The highest BCUT2D eigenvalue weighted by molar-refractivity contribution is 5.74. The van der Waals surface area contributed by atoms with E-state index in [4.69, 9.17) is 9.47 Å². The van der Waals surface area contributed by atoms with Crippen LogP contribution in [0.3, 0.4) is 0 Å². The monoisotopic (exact) mass is 306 g/mol. The van der Waals surface area contributed by atoms with Crippen molar-refractivity contribution in [2.45, 2.75) is 26.8 Å². The Bertz CT molecular complexity index is 467. The minimum Gasteiger partial charge on any atom is -0.493 e. The number of carbonyl (C=O) groups is 1. The molecule has 1 saturated heterocycles. The third-order valence-electron chi connectivity index (χ3n) is 3.60. The van der Waals surface area contributed by atoms with E-state index in [0.717, 1.165) is 11.3 Å². The van der Waals surface area contributed by atoms with Gasteiger partial charge in [0.25, 0.3) is 0 Å². The summed E-state index contributed by atoms with van der Waals surface area (Å²) in [5.74, 6) is 1.37. The Labute approximate surface area is 132 Å². The number of ether oxygens (including phenoxy) is 2. The van der Waals surface area contributed by atoms with E-state index in [1.165, 1.54) is 0 Å². The second kappa shape index (κ2) is 8.03. The summed E-state index contributed by atoms with van der Waals surface area (Å²) in [6.45, 7) is 9.48. The number of morpholine rings is 1.